The van der Waals surface area contributed by atoms with Crippen molar-refractivity contribution in [2.75, 3.05) is 12.4 Å². The molecule has 0 spiro atoms. The lowest BCUT2D eigenvalue weighted by Gasteiger charge is -2.28. The van der Waals surface area contributed by atoms with Gasteiger partial charge in [0.05, 0.1) is 15.5 Å². The van der Waals surface area contributed by atoms with E-state index in [0.717, 1.165) is 11.0 Å². The Morgan fingerprint density at radius 2 is 2.14 bits per heavy atom. The second kappa shape index (κ2) is 5.76. The van der Waals surface area contributed by atoms with Gasteiger partial charge in [-0.05, 0) is 28.4 Å². The molecular weight excluding hydrogens is 349 g/mol. The Balaban J connectivity index is 2.31. The van der Waals surface area contributed by atoms with E-state index >= 15 is 0 Å². The summed E-state index contributed by atoms with van der Waals surface area (Å²) < 4.78 is 13.4. The topological polar surface area (TPSA) is 92.6 Å². The molecule has 1 aromatic rings. The molecule has 0 bridgehead atoms. The number of likely N-dealkylation sites (tertiary alicyclic amines) is 1. The number of anilines is 1. The Morgan fingerprint density at radius 3 is 2.76 bits per heavy atom. The Morgan fingerprint density at radius 1 is 1.48 bits per heavy atom. The summed E-state index contributed by atoms with van der Waals surface area (Å²) >= 11 is 2.94. The third-order valence-electron chi connectivity index (χ3n) is 3.21. The maximum atomic E-state index is 13.4. The molecule has 1 aromatic carbocycles. The zero-order chi connectivity index (χ0) is 15.7. The number of carbonyl (C=O) groups is 2. The first-order chi connectivity index (χ1) is 9.81. The Hall–Kier alpha value is -2.03. The van der Waals surface area contributed by atoms with Crippen LogP contribution in [-0.2, 0) is 9.59 Å². The summed E-state index contributed by atoms with van der Waals surface area (Å²) in [6, 6.07) is 1.22. The van der Waals surface area contributed by atoms with Crippen LogP contribution >= 0.6 is 15.9 Å². The van der Waals surface area contributed by atoms with Gasteiger partial charge in [0.1, 0.15) is 17.5 Å². The molecule has 112 valence electrons. The van der Waals surface area contributed by atoms with Crippen LogP contribution in [0.3, 0.4) is 0 Å². The van der Waals surface area contributed by atoms with Crippen molar-refractivity contribution in [3.8, 4) is 0 Å². The number of carbonyl (C=O) groups excluding carboxylic acids is 2. The van der Waals surface area contributed by atoms with Gasteiger partial charge in [0, 0.05) is 13.5 Å². The number of hydrogen-bond donors (Lipinski definition) is 1. The normalized spacial score (nSPS) is 18.8. The average molecular weight is 360 g/mol. The van der Waals surface area contributed by atoms with Gasteiger partial charge >= 0.3 is 0 Å². The van der Waals surface area contributed by atoms with E-state index in [2.05, 4.69) is 21.2 Å². The molecule has 1 unspecified atom stereocenters. The lowest BCUT2D eigenvalue weighted by molar-refractivity contribution is -0.384. The smallest absolute Gasteiger partial charge is 0.295 e. The molecule has 7 nitrogen and oxygen atoms in total. The summed E-state index contributed by atoms with van der Waals surface area (Å²) in [6.45, 7) is 0. The fraction of sp³-hybridized carbons (Fsp3) is 0.333. The number of hydrogen-bond acceptors (Lipinski definition) is 5. The highest BCUT2D eigenvalue weighted by molar-refractivity contribution is 9.10. The molecule has 1 atom stereocenters. The molecule has 0 aromatic heterocycles. The first-order valence-electron chi connectivity index (χ1n) is 6.01. The molecule has 0 saturated carbocycles. The molecule has 0 radical (unpaired) electrons. The highest BCUT2D eigenvalue weighted by Gasteiger charge is 2.33. The second-order valence-electron chi connectivity index (χ2n) is 4.57. The van der Waals surface area contributed by atoms with Gasteiger partial charge in [0.2, 0.25) is 5.91 Å². The molecule has 9 heteroatoms. The van der Waals surface area contributed by atoms with E-state index in [1.54, 1.807) is 0 Å². The van der Waals surface area contributed by atoms with Crippen LogP contribution in [0.4, 0.5) is 15.8 Å². The van der Waals surface area contributed by atoms with E-state index in [9.17, 15) is 24.1 Å². The number of piperidine rings is 1. The van der Waals surface area contributed by atoms with Gasteiger partial charge in [-0.25, -0.2) is 4.39 Å². The van der Waals surface area contributed by atoms with Crippen molar-refractivity contribution in [1.29, 1.82) is 0 Å². The van der Waals surface area contributed by atoms with Crippen LogP contribution in [0.2, 0.25) is 0 Å². The third kappa shape index (κ3) is 3.02. The first kappa shape index (κ1) is 15.4. The van der Waals surface area contributed by atoms with Gasteiger partial charge in [-0.2, -0.15) is 0 Å². The average Bonchev–Trinajstić information content (AvgIpc) is 2.43. The van der Waals surface area contributed by atoms with Crippen LogP contribution in [-0.4, -0.2) is 34.7 Å². The number of imide groups is 1. The molecule has 1 heterocycles. The van der Waals surface area contributed by atoms with Crippen LogP contribution in [0.15, 0.2) is 16.6 Å². The maximum Gasteiger partial charge on any atom is 0.295 e. The summed E-state index contributed by atoms with van der Waals surface area (Å²) in [7, 11) is 1.35. The van der Waals surface area contributed by atoms with Crippen molar-refractivity contribution in [2.24, 2.45) is 0 Å². The number of amides is 2. The summed E-state index contributed by atoms with van der Waals surface area (Å²) in [5.74, 6) is -1.54. The SMILES string of the molecule is CN1C(=O)CCC(Nc2cc(Br)c(F)cc2[N+](=O)[O-])C1=O. The number of nitro benzene ring substituents is 1. The number of nitrogens with zero attached hydrogens (tertiary/aromatic N) is 2. The molecule has 2 rings (SSSR count). The molecule has 1 aliphatic heterocycles. The minimum atomic E-state index is -0.769. The molecular formula is C12H11BrFN3O4. The summed E-state index contributed by atoms with van der Waals surface area (Å²) in [5.41, 5.74) is -0.447. The highest BCUT2D eigenvalue weighted by atomic mass is 79.9. The highest BCUT2D eigenvalue weighted by Crippen LogP contribution is 2.32. The van der Waals surface area contributed by atoms with Crippen molar-refractivity contribution in [3.63, 3.8) is 0 Å². The summed E-state index contributed by atoms with van der Waals surface area (Å²) in [5, 5.41) is 13.7. The molecule has 1 saturated heterocycles. The molecule has 1 N–H and O–H groups in total. The number of rotatable bonds is 3. The minimum Gasteiger partial charge on any atom is -0.368 e. The molecule has 1 aliphatic rings. The zero-order valence-electron chi connectivity index (χ0n) is 10.9. The van der Waals surface area contributed by atoms with Crippen molar-refractivity contribution in [2.45, 2.75) is 18.9 Å². The fourth-order valence-electron chi connectivity index (χ4n) is 2.04. The summed E-state index contributed by atoms with van der Waals surface area (Å²) in [6.07, 6.45) is 0.393. The standard InChI is InChI=1S/C12H11BrFN3O4/c1-16-11(18)3-2-8(12(16)19)15-9-4-6(13)7(14)5-10(9)17(20)21/h4-5,8,15H,2-3H2,1H3. The predicted molar refractivity (Wildman–Crippen MR) is 75.2 cm³/mol. The number of nitro groups is 1. The molecule has 0 aliphatic carbocycles. The van der Waals surface area contributed by atoms with E-state index in [4.69, 9.17) is 0 Å². The van der Waals surface area contributed by atoms with Crippen molar-refractivity contribution in [3.05, 3.63) is 32.5 Å². The van der Waals surface area contributed by atoms with E-state index in [1.807, 2.05) is 0 Å². The van der Waals surface area contributed by atoms with Gasteiger partial charge in [-0.15, -0.1) is 0 Å². The number of benzene rings is 1. The van der Waals surface area contributed by atoms with Gasteiger partial charge in [0.15, 0.2) is 0 Å². The number of halogens is 2. The van der Waals surface area contributed by atoms with Gasteiger partial charge < -0.3 is 5.32 Å². The van der Waals surface area contributed by atoms with Crippen LogP contribution in [0.1, 0.15) is 12.8 Å². The van der Waals surface area contributed by atoms with Crippen molar-refractivity contribution >= 4 is 39.1 Å². The third-order valence-corrected chi connectivity index (χ3v) is 3.82. The molecule has 1 fully saturated rings. The van der Waals surface area contributed by atoms with Crippen molar-refractivity contribution < 1.29 is 18.9 Å². The number of nitrogens with one attached hydrogen (secondary N) is 1. The van der Waals surface area contributed by atoms with E-state index in [1.165, 1.54) is 13.1 Å². The Kier molecular flexibility index (Phi) is 4.21. The molecule has 2 amide bonds. The Labute approximate surface area is 127 Å². The minimum absolute atomic E-state index is 0.0226. The first-order valence-corrected chi connectivity index (χ1v) is 6.81. The van der Waals surface area contributed by atoms with Crippen molar-refractivity contribution in [1.82, 2.24) is 4.90 Å². The second-order valence-corrected chi connectivity index (χ2v) is 5.42. The monoisotopic (exact) mass is 359 g/mol. The Bertz CT molecular complexity index is 637. The number of likely N-dealkylation sites (N-methyl/N-ethyl adjacent to an activating group) is 1. The van der Waals surface area contributed by atoms with Gasteiger partial charge in [0.25, 0.3) is 11.6 Å². The predicted octanol–water partition coefficient (Wildman–Crippen LogP) is 2.06. The summed E-state index contributed by atoms with van der Waals surface area (Å²) in [4.78, 5) is 34.5. The van der Waals surface area contributed by atoms with Gasteiger partial charge in [-0.1, -0.05) is 0 Å². The van der Waals surface area contributed by atoms with E-state index in [-0.39, 0.29) is 28.9 Å². The quantitative estimate of drug-likeness (QED) is 0.506. The molecule has 21 heavy (non-hydrogen) atoms. The van der Waals surface area contributed by atoms with Gasteiger partial charge in [-0.3, -0.25) is 24.6 Å². The zero-order valence-corrected chi connectivity index (χ0v) is 12.5. The largest absolute Gasteiger partial charge is 0.368 e. The van der Waals surface area contributed by atoms with Crippen LogP contribution in [0.5, 0.6) is 0 Å². The van der Waals surface area contributed by atoms with E-state index in [0.29, 0.717) is 0 Å². The lowest BCUT2D eigenvalue weighted by atomic mass is 10.0. The van der Waals surface area contributed by atoms with E-state index < -0.39 is 28.4 Å². The fourth-order valence-corrected chi connectivity index (χ4v) is 2.38. The van der Waals surface area contributed by atoms with Crippen LogP contribution in [0.25, 0.3) is 0 Å². The van der Waals surface area contributed by atoms with Crippen LogP contribution < -0.4 is 5.32 Å². The van der Waals surface area contributed by atoms with Crippen LogP contribution in [0, 0.1) is 15.9 Å². The lowest BCUT2D eigenvalue weighted by Crippen LogP contribution is -2.48. The maximum absolute atomic E-state index is 13.4.